The van der Waals surface area contributed by atoms with Crippen LogP contribution in [0.1, 0.15) is 58.0 Å². The number of carbonyl (C=O) groups is 2. The molecule has 0 spiro atoms. The highest BCUT2D eigenvalue weighted by Gasteiger charge is 2.34. The van der Waals surface area contributed by atoms with E-state index in [2.05, 4.69) is 15.4 Å². The molecule has 1 aliphatic rings. The fourth-order valence-electron chi connectivity index (χ4n) is 4.11. The van der Waals surface area contributed by atoms with Crippen LogP contribution in [-0.4, -0.2) is 64.8 Å². The number of aromatic nitrogens is 3. The van der Waals surface area contributed by atoms with Gasteiger partial charge in [0.15, 0.2) is 0 Å². The number of pyridine rings is 1. The van der Waals surface area contributed by atoms with Crippen LogP contribution in [0.4, 0.5) is 0 Å². The van der Waals surface area contributed by atoms with Gasteiger partial charge in [-0.2, -0.15) is 5.10 Å². The van der Waals surface area contributed by atoms with Crippen LogP contribution in [0.2, 0.25) is 0 Å². The molecule has 1 fully saturated rings. The average molecular weight is 442 g/mol. The summed E-state index contributed by atoms with van der Waals surface area (Å²) in [4.78, 5) is 33.9. The zero-order chi connectivity index (χ0) is 22.0. The smallest absolute Gasteiger partial charge is 0.272 e. The molecule has 1 atom stereocenters. The molecule has 4 rings (SSSR count). The van der Waals surface area contributed by atoms with Crippen molar-refractivity contribution >= 4 is 33.4 Å². The number of carbonyl (C=O) groups excluding carboxylic acids is 2. The van der Waals surface area contributed by atoms with Crippen LogP contribution in [0.3, 0.4) is 0 Å². The highest BCUT2D eigenvalue weighted by Crippen LogP contribution is 2.39. The Labute approximate surface area is 185 Å². The first-order valence-corrected chi connectivity index (χ1v) is 11.3. The maximum absolute atomic E-state index is 13.2. The fourth-order valence-corrected chi connectivity index (χ4v) is 5.26. The molecule has 0 unspecified atom stereocenters. The zero-order valence-corrected chi connectivity index (χ0v) is 18.8. The summed E-state index contributed by atoms with van der Waals surface area (Å²) in [6, 6.07) is 5.79. The lowest BCUT2D eigenvalue weighted by Crippen LogP contribution is -2.31. The molecule has 0 radical (unpaired) electrons. The van der Waals surface area contributed by atoms with Gasteiger partial charge in [0, 0.05) is 56.5 Å². The van der Waals surface area contributed by atoms with E-state index in [1.807, 2.05) is 30.9 Å². The number of fused-ring (bicyclic) bond motifs is 1. The van der Waals surface area contributed by atoms with Gasteiger partial charge < -0.3 is 15.0 Å². The van der Waals surface area contributed by atoms with E-state index in [9.17, 15) is 9.59 Å². The minimum Gasteiger partial charge on any atom is -0.383 e. The number of thiophene rings is 1. The number of nitrogens with one attached hydrogen (secondary N) is 1. The SMILES string of the molecule is COCCNC(=O)c1sc2ncccc2c1[C@H]1CCN(C(=O)c2ccnn2C(C)C)C1. The minimum absolute atomic E-state index is 0.0162. The second-order valence-corrected chi connectivity index (χ2v) is 8.94. The second-order valence-electron chi connectivity index (χ2n) is 7.94. The molecule has 0 aliphatic carbocycles. The molecule has 0 saturated carbocycles. The van der Waals surface area contributed by atoms with Gasteiger partial charge in [-0.05, 0) is 38.0 Å². The van der Waals surface area contributed by atoms with E-state index in [0.717, 1.165) is 22.2 Å². The highest BCUT2D eigenvalue weighted by molar-refractivity contribution is 7.20. The van der Waals surface area contributed by atoms with Gasteiger partial charge in [0.2, 0.25) is 0 Å². The van der Waals surface area contributed by atoms with Crippen LogP contribution >= 0.6 is 11.3 Å². The number of rotatable bonds is 7. The predicted molar refractivity (Wildman–Crippen MR) is 120 cm³/mol. The van der Waals surface area contributed by atoms with Gasteiger partial charge in [-0.15, -0.1) is 11.3 Å². The van der Waals surface area contributed by atoms with Gasteiger partial charge in [-0.25, -0.2) is 4.98 Å². The van der Waals surface area contributed by atoms with E-state index in [-0.39, 0.29) is 23.8 Å². The molecule has 1 N–H and O–H groups in total. The normalized spacial score (nSPS) is 16.4. The number of likely N-dealkylation sites (tertiary alicyclic amines) is 1. The number of nitrogens with zero attached hydrogens (tertiary/aromatic N) is 4. The van der Waals surface area contributed by atoms with Crippen molar-refractivity contribution in [2.75, 3.05) is 33.4 Å². The number of hydrogen-bond acceptors (Lipinski definition) is 6. The third-order valence-electron chi connectivity index (χ3n) is 5.56. The molecular weight excluding hydrogens is 414 g/mol. The van der Waals surface area contributed by atoms with E-state index < -0.39 is 0 Å². The van der Waals surface area contributed by atoms with Gasteiger partial charge in [0.05, 0.1) is 11.5 Å². The van der Waals surface area contributed by atoms with Crippen molar-refractivity contribution in [2.45, 2.75) is 32.2 Å². The summed E-state index contributed by atoms with van der Waals surface area (Å²) in [6.07, 6.45) is 4.22. The quantitative estimate of drug-likeness (QED) is 0.569. The average Bonchev–Trinajstić information content (AvgIpc) is 3.50. The van der Waals surface area contributed by atoms with Crippen LogP contribution in [-0.2, 0) is 4.74 Å². The predicted octanol–water partition coefficient (Wildman–Crippen LogP) is 3.08. The molecular formula is C22H27N5O3S. The number of hydrogen-bond donors (Lipinski definition) is 1. The van der Waals surface area contributed by atoms with Crippen LogP contribution < -0.4 is 5.32 Å². The van der Waals surface area contributed by atoms with Gasteiger partial charge in [-0.3, -0.25) is 14.3 Å². The largest absolute Gasteiger partial charge is 0.383 e. The zero-order valence-electron chi connectivity index (χ0n) is 18.0. The lowest BCUT2D eigenvalue weighted by Gasteiger charge is -2.19. The highest BCUT2D eigenvalue weighted by atomic mass is 32.1. The molecule has 3 aromatic rings. The summed E-state index contributed by atoms with van der Waals surface area (Å²) in [5, 5.41) is 8.21. The van der Waals surface area contributed by atoms with Crippen LogP contribution in [0, 0.1) is 0 Å². The molecule has 31 heavy (non-hydrogen) atoms. The Balaban J connectivity index is 1.60. The summed E-state index contributed by atoms with van der Waals surface area (Å²) in [6.45, 7) is 6.14. The molecule has 9 heteroatoms. The van der Waals surface area contributed by atoms with Crippen molar-refractivity contribution in [1.82, 2.24) is 25.0 Å². The molecule has 2 amide bonds. The summed E-state index contributed by atoms with van der Waals surface area (Å²) in [5.41, 5.74) is 1.60. The standard InChI is InChI=1S/C22H27N5O3S/c1-14(2)27-17(6-9-25-27)22(29)26-11-7-15(13-26)18-16-5-4-8-24-21(16)31-19(18)20(28)23-10-12-30-3/h4-6,8-9,14-15H,7,10-13H2,1-3H3,(H,23,28)/t15-/m0/s1. The second kappa shape index (κ2) is 9.15. The molecule has 8 nitrogen and oxygen atoms in total. The van der Waals surface area contributed by atoms with Crippen molar-refractivity contribution in [1.29, 1.82) is 0 Å². The van der Waals surface area contributed by atoms with Gasteiger partial charge in [0.25, 0.3) is 11.8 Å². The van der Waals surface area contributed by atoms with Gasteiger partial charge in [-0.1, -0.05) is 6.07 Å². The van der Waals surface area contributed by atoms with Crippen molar-refractivity contribution in [3.8, 4) is 0 Å². The summed E-state index contributed by atoms with van der Waals surface area (Å²) in [7, 11) is 1.61. The van der Waals surface area contributed by atoms with Gasteiger partial charge in [0.1, 0.15) is 10.5 Å². The van der Waals surface area contributed by atoms with Crippen molar-refractivity contribution in [2.24, 2.45) is 0 Å². The monoisotopic (exact) mass is 441 g/mol. The molecule has 1 saturated heterocycles. The number of methoxy groups -OCH3 is 1. The molecule has 3 aromatic heterocycles. The molecule has 164 valence electrons. The fraction of sp³-hybridized carbons (Fsp3) is 0.455. The third-order valence-corrected chi connectivity index (χ3v) is 6.69. The van der Waals surface area contributed by atoms with E-state index in [4.69, 9.17) is 4.74 Å². The maximum Gasteiger partial charge on any atom is 0.272 e. The Morgan fingerprint density at radius 3 is 2.94 bits per heavy atom. The molecule has 0 aromatic carbocycles. The lowest BCUT2D eigenvalue weighted by atomic mass is 9.95. The molecule has 4 heterocycles. The van der Waals surface area contributed by atoms with Crippen molar-refractivity contribution < 1.29 is 14.3 Å². The third kappa shape index (κ3) is 4.20. The summed E-state index contributed by atoms with van der Waals surface area (Å²) in [5.74, 6) is -0.0457. The molecule has 1 aliphatic heterocycles. The Morgan fingerprint density at radius 2 is 2.16 bits per heavy atom. The summed E-state index contributed by atoms with van der Waals surface area (Å²) < 4.78 is 6.80. The maximum atomic E-state index is 13.2. The molecule has 0 bridgehead atoms. The number of amides is 2. The van der Waals surface area contributed by atoms with Crippen LogP contribution in [0.25, 0.3) is 10.2 Å². The first kappa shape index (κ1) is 21.5. The first-order valence-electron chi connectivity index (χ1n) is 10.5. The van der Waals surface area contributed by atoms with E-state index in [1.54, 1.807) is 30.3 Å². The van der Waals surface area contributed by atoms with Crippen molar-refractivity contribution in [3.63, 3.8) is 0 Å². The van der Waals surface area contributed by atoms with Gasteiger partial charge >= 0.3 is 0 Å². The Kier molecular flexibility index (Phi) is 6.33. The topological polar surface area (TPSA) is 89.3 Å². The lowest BCUT2D eigenvalue weighted by molar-refractivity contribution is 0.0776. The van der Waals surface area contributed by atoms with E-state index >= 15 is 0 Å². The summed E-state index contributed by atoms with van der Waals surface area (Å²) >= 11 is 1.41. The number of ether oxygens (including phenoxy) is 1. The Hall–Kier alpha value is -2.78. The Bertz CT molecular complexity index is 1090. The first-order chi connectivity index (χ1) is 15.0. The Morgan fingerprint density at radius 1 is 1.32 bits per heavy atom. The van der Waals surface area contributed by atoms with Crippen molar-refractivity contribution in [3.05, 3.63) is 46.7 Å². The van der Waals surface area contributed by atoms with E-state index in [1.165, 1.54) is 11.3 Å². The van der Waals surface area contributed by atoms with Crippen LogP contribution in [0.15, 0.2) is 30.6 Å². The minimum atomic E-state index is -0.113. The van der Waals surface area contributed by atoms with Crippen LogP contribution in [0.5, 0.6) is 0 Å². The van der Waals surface area contributed by atoms with E-state index in [0.29, 0.717) is 36.8 Å².